The highest BCUT2D eigenvalue weighted by atomic mass is 19.4. The molecule has 0 aliphatic carbocycles. The van der Waals surface area contributed by atoms with Gasteiger partial charge >= 0.3 is 6.18 Å². The molecule has 0 fully saturated rings. The van der Waals surface area contributed by atoms with Gasteiger partial charge in [0.15, 0.2) is 0 Å². The molecule has 7 heteroatoms. The molecule has 0 radical (unpaired) electrons. The molecule has 19 heavy (non-hydrogen) atoms. The summed E-state index contributed by atoms with van der Waals surface area (Å²) < 4.78 is 50.9. The molecule has 108 valence electrons. The Labute approximate surface area is 108 Å². The Morgan fingerprint density at radius 3 is 2.47 bits per heavy atom. The zero-order valence-electron chi connectivity index (χ0n) is 10.2. The van der Waals surface area contributed by atoms with Crippen LogP contribution in [0.2, 0.25) is 0 Å². The number of aliphatic hydroxyl groups excluding tert-OH is 1. The molecule has 1 atom stereocenters. The van der Waals surface area contributed by atoms with E-state index in [0.717, 1.165) is 12.1 Å². The SMILES string of the molecule is NCC(NCCCO)c1cc(F)cc(C(F)(F)F)c1. The second-order valence-electron chi connectivity index (χ2n) is 4.09. The summed E-state index contributed by atoms with van der Waals surface area (Å²) in [6, 6.07) is 1.78. The van der Waals surface area contributed by atoms with E-state index in [-0.39, 0.29) is 18.7 Å². The van der Waals surface area contributed by atoms with Gasteiger partial charge in [0.25, 0.3) is 0 Å². The molecule has 0 saturated heterocycles. The van der Waals surface area contributed by atoms with Crippen molar-refractivity contribution in [1.29, 1.82) is 0 Å². The molecule has 3 nitrogen and oxygen atoms in total. The van der Waals surface area contributed by atoms with Gasteiger partial charge in [0.2, 0.25) is 0 Å². The Kier molecular flexibility index (Phi) is 5.71. The lowest BCUT2D eigenvalue weighted by Crippen LogP contribution is -2.29. The largest absolute Gasteiger partial charge is 0.416 e. The molecule has 4 N–H and O–H groups in total. The number of benzene rings is 1. The molecule has 0 aromatic heterocycles. The first-order valence-corrected chi connectivity index (χ1v) is 5.80. The van der Waals surface area contributed by atoms with Crippen molar-refractivity contribution in [1.82, 2.24) is 5.32 Å². The van der Waals surface area contributed by atoms with Gasteiger partial charge in [-0.25, -0.2) is 4.39 Å². The highest BCUT2D eigenvalue weighted by Crippen LogP contribution is 2.31. The molecule has 1 unspecified atom stereocenters. The summed E-state index contributed by atoms with van der Waals surface area (Å²) in [6.07, 6.45) is -4.15. The smallest absolute Gasteiger partial charge is 0.396 e. The predicted octanol–water partition coefficient (Wildman–Crippen LogP) is 1.82. The van der Waals surface area contributed by atoms with E-state index in [9.17, 15) is 17.6 Å². The van der Waals surface area contributed by atoms with E-state index in [0.29, 0.717) is 19.0 Å². The van der Waals surface area contributed by atoms with Crippen LogP contribution in [0.3, 0.4) is 0 Å². The summed E-state index contributed by atoms with van der Waals surface area (Å²) in [4.78, 5) is 0. The number of hydrogen-bond donors (Lipinski definition) is 3. The molecule has 0 amide bonds. The monoisotopic (exact) mass is 280 g/mol. The second kappa shape index (κ2) is 6.83. The van der Waals surface area contributed by atoms with Gasteiger partial charge in [0.05, 0.1) is 5.56 Å². The van der Waals surface area contributed by atoms with Crippen LogP contribution in [0.4, 0.5) is 17.6 Å². The van der Waals surface area contributed by atoms with Gasteiger partial charge < -0.3 is 16.2 Å². The van der Waals surface area contributed by atoms with Crippen LogP contribution in [0.25, 0.3) is 0 Å². The quantitative estimate of drug-likeness (QED) is 0.550. The fourth-order valence-corrected chi connectivity index (χ4v) is 1.67. The van der Waals surface area contributed by atoms with Crippen LogP contribution in [0.15, 0.2) is 18.2 Å². The van der Waals surface area contributed by atoms with Crippen LogP contribution in [-0.4, -0.2) is 24.8 Å². The molecule has 0 bridgehead atoms. The number of aliphatic hydroxyl groups is 1. The van der Waals surface area contributed by atoms with Crippen LogP contribution in [-0.2, 0) is 6.18 Å². The van der Waals surface area contributed by atoms with Crippen molar-refractivity contribution in [2.45, 2.75) is 18.6 Å². The third kappa shape index (κ3) is 4.77. The van der Waals surface area contributed by atoms with Gasteiger partial charge in [-0.05, 0) is 36.7 Å². The fraction of sp³-hybridized carbons (Fsp3) is 0.500. The van der Waals surface area contributed by atoms with Crippen LogP contribution >= 0.6 is 0 Å². The molecular formula is C12H16F4N2O. The van der Waals surface area contributed by atoms with Gasteiger partial charge in [-0.1, -0.05) is 0 Å². The first kappa shape index (κ1) is 15.9. The molecule has 1 aromatic rings. The fourth-order valence-electron chi connectivity index (χ4n) is 1.67. The van der Waals surface area contributed by atoms with E-state index in [1.165, 1.54) is 0 Å². The molecule has 0 saturated carbocycles. The molecule has 1 rings (SSSR count). The number of rotatable bonds is 6. The average molecular weight is 280 g/mol. The first-order valence-electron chi connectivity index (χ1n) is 5.80. The van der Waals surface area contributed by atoms with E-state index in [4.69, 9.17) is 10.8 Å². The van der Waals surface area contributed by atoms with Crippen molar-refractivity contribution < 1.29 is 22.7 Å². The summed E-state index contributed by atoms with van der Waals surface area (Å²) in [5.74, 6) is -0.952. The maximum Gasteiger partial charge on any atom is 0.416 e. The van der Waals surface area contributed by atoms with Crippen LogP contribution in [0, 0.1) is 5.82 Å². The van der Waals surface area contributed by atoms with Gasteiger partial charge in [-0.3, -0.25) is 0 Å². The zero-order chi connectivity index (χ0) is 14.5. The summed E-state index contributed by atoms with van der Waals surface area (Å²) in [7, 11) is 0. The Hall–Kier alpha value is -1.18. The third-order valence-electron chi connectivity index (χ3n) is 2.61. The van der Waals surface area contributed by atoms with Crippen molar-refractivity contribution in [3.05, 3.63) is 35.1 Å². The molecular weight excluding hydrogens is 264 g/mol. The van der Waals surface area contributed by atoms with Crippen molar-refractivity contribution >= 4 is 0 Å². The second-order valence-corrected chi connectivity index (χ2v) is 4.09. The lowest BCUT2D eigenvalue weighted by Gasteiger charge is -2.18. The summed E-state index contributed by atoms with van der Waals surface area (Å²) in [6.45, 7) is 0.379. The molecule has 1 aromatic carbocycles. The van der Waals surface area contributed by atoms with Crippen LogP contribution < -0.4 is 11.1 Å². The van der Waals surface area contributed by atoms with Crippen molar-refractivity contribution in [2.24, 2.45) is 5.73 Å². The lowest BCUT2D eigenvalue weighted by molar-refractivity contribution is -0.137. The van der Waals surface area contributed by atoms with Gasteiger partial charge in [0, 0.05) is 19.2 Å². The lowest BCUT2D eigenvalue weighted by atomic mass is 10.0. The minimum absolute atomic E-state index is 0.0339. The first-order chi connectivity index (χ1) is 8.88. The summed E-state index contributed by atoms with van der Waals surface area (Å²) in [5, 5.41) is 11.5. The number of nitrogens with two attached hydrogens (primary N) is 1. The van der Waals surface area contributed by atoms with Crippen LogP contribution in [0.1, 0.15) is 23.6 Å². The average Bonchev–Trinajstić information content (AvgIpc) is 2.33. The molecule has 0 aliphatic rings. The Morgan fingerprint density at radius 1 is 1.26 bits per heavy atom. The summed E-state index contributed by atoms with van der Waals surface area (Å²) in [5.41, 5.74) is 4.58. The minimum atomic E-state index is -4.60. The predicted molar refractivity (Wildman–Crippen MR) is 62.9 cm³/mol. The normalized spacial score (nSPS) is 13.6. The minimum Gasteiger partial charge on any atom is -0.396 e. The Morgan fingerprint density at radius 2 is 1.95 bits per heavy atom. The van der Waals surface area contributed by atoms with Crippen molar-refractivity contribution in [3.8, 4) is 0 Å². The Balaban J connectivity index is 2.94. The van der Waals surface area contributed by atoms with E-state index in [2.05, 4.69) is 5.32 Å². The highest BCUT2D eigenvalue weighted by Gasteiger charge is 2.31. The van der Waals surface area contributed by atoms with Crippen molar-refractivity contribution in [3.63, 3.8) is 0 Å². The number of nitrogens with one attached hydrogen (secondary N) is 1. The maximum atomic E-state index is 13.2. The molecule has 0 spiro atoms. The van der Waals surface area contributed by atoms with Gasteiger partial charge in [-0.2, -0.15) is 13.2 Å². The van der Waals surface area contributed by atoms with E-state index in [1.807, 2.05) is 0 Å². The zero-order valence-corrected chi connectivity index (χ0v) is 10.2. The van der Waals surface area contributed by atoms with E-state index < -0.39 is 23.6 Å². The highest BCUT2D eigenvalue weighted by molar-refractivity contribution is 5.29. The van der Waals surface area contributed by atoms with Crippen LogP contribution in [0.5, 0.6) is 0 Å². The van der Waals surface area contributed by atoms with E-state index in [1.54, 1.807) is 0 Å². The Bertz CT molecular complexity index is 409. The topological polar surface area (TPSA) is 58.3 Å². The number of alkyl halides is 3. The standard InChI is InChI=1S/C12H16F4N2O/c13-10-5-8(4-9(6-10)12(14,15)16)11(7-17)18-2-1-3-19/h4-6,11,18-19H,1-3,7,17H2. The van der Waals surface area contributed by atoms with E-state index >= 15 is 0 Å². The number of hydrogen-bond acceptors (Lipinski definition) is 3. The third-order valence-corrected chi connectivity index (χ3v) is 2.61. The van der Waals surface area contributed by atoms with Gasteiger partial charge in [-0.15, -0.1) is 0 Å². The summed E-state index contributed by atoms with van der Waals surface area (Å²) >= 11 is 0. The van der Waals surface area contributed by atoms with Gasteiger partial charge in [0.1, 0.15) is 5.82 Å². The number of halogens is 4. The van der Waals surface area contributed by atoms with Crippen molar-refractivity contribution in [2.75, 3.05) is 19.7 Å². The molecule has 0 heterocycles. The maximum absolute atomic E-state index is 13.2. The molecule has 0 aliphatic heterocycles.